The molecule has 1 aromatic heterocycles. The number of hydrogen-bond donors (Lipinski definition) is 2. The fraction of sp³-hybridized carbons (Fsp3) is 0.333. The average molecular weight is 389 g/mol. The van der Waals surface area contributed by atoms with Crippen LogP contribution in [0, 0.1) is 13.8 Å². The summed E-state index contributed by atoms with van der Waals surface area (Å²) in [5.74, 6) is 0.690. The van der Waals surface area contributed by atoms with Crippen LogP contribution in [0.3, 0.4) is 0 Å². The molecule has 9 heteroatoms. The van der Waals surface area contributed by atoms with E-state index in [4.69, 9.17) is 16.3 Å². The van der Waals surface area contributed by atoms with E-state index in [0.717, 1.165) is 11.4 Å². The number of nitrogens with zero attached hydrogens (tertiary/aromatic N) is 4. The number of benzene rings is 1. The fourth-order valence-electron chi connectivity index (χ4n) is 2.60. The summed E-state index contributed by atoms with van der Waals surface area (Å²) in [5, 5.41) is 6.15. The Morgan fingerprint density at radius 3 is 2.41 bits per heavy atom. The molecule has 0 atom stereocenters. The fourth-order valence-corrected chi connectivity index (χ4v) is 2.73. The zero-order chi connectivity index (χ0) is 19.2. The first kappa shape index (κ1) is 19.1. The van der Waals surface area contributed by atoms with Gasteiger partial charge in [0.15, 0.2) is 0 Å². The molecule has 1 aromatic carbocycles. The van der Waals surface area contributed by atoms with Crippen LogP contribution in [-0.4, -0.2) is 53.2 Å². The van der Waals surface area contributed by atoms with Crippen molar-refractivity contribution in [3.05, 3.63) is 46.7 Å². The largest absolute Gasteiger partial charge is 0.378 e. The first-order valence-electron chi connectivity index (χ1n) is 8.57. The van der Waals surface area contributed by atoms with E-state index in [1.165, 1.54) is 0 Å². The van der Waals surface area contributed by atoms with E-state index in [-0.39, 0.29) is 0 Å². The van der Waals surface area contributed by atoms with E-state index >= 15 is 0 Å². The number of amides is 2. The Labute approximate surface area is 162 Å². The number of ether oxygens (including phenoxy) is 1. The molecular weight excluding hydrogens is 368 g/mol. The second-order valence-corrected chi connectivity index (χ2v) is 6.51. The number of morpholine rings is 1. The number of carbonyl (C=O) groups excluding carboxylic acids is 1. The van der Waals surface area contributed by atoms with Crippen LogP contribution >= 0.6 is 11.6 Å². The van der Waals surface area contributed by atoms with E-state index in [2.05, 4.69) is 25.6 Å². The Bertz CT molecular complexity index is 814. The second kappa shape index (κ2) is 8.79. The van der Waals surface area contributed by atoms with Crippen molar-refractivity contribution in [2.75, 3.05) is 31.6 Å². The molecule has 0 unspecified atom stereocenters. The monoisotopic (exact) mass is 388 g/mol. The van der Waals surface area contributed by atoms with Crippen molar-refractivity contribution in [3.63, 3.8) is 0 Å². The van der Waals surface area contributed by atoms with Crippen molar-refractivity contribution in [1.82, 2.24) is 20.2 Å². The molecule has 1 aliphatic heterocycles. The lowest BCUT2D eigenvalue weighted by atomic mass is 10.3. The highest BCUT2D eigenvalue weighted by Crippen LogP contribution is 2.13. The number of carbonyl (C=O) groups is 1. The molecule has 27 heavy (non-hydrogen) atoms. The van der Waals surface area contributed by atoms with Crippen LogP contribution in [0.2, 0.25) is 5.02 Å². The van der Waals surface area contributed by atoms with Crippen LogP contribution < -0.4 is 10.6 Å². The molecule has 0 spiro atoms. The highest BCUT2D eigenvalue weighted by molar-refractivity contribution is 6.30. The lowest BCUT2D eigenvalue weighted by Gasteiger charge is -2.29. The molecule has 2 heterocycles. The lowest BCUT2D eigenvalue weighted by Crippen LogP contribution is -2.50. The SMILES string of the molecule is Cc1cc(C)nc(/N=C(\NC(=O)Nc2ccc(Cl)cc2)N2CCOCC2)n1. The highest BCUT2D eigenvalue weighted by Gasteiger charge is 2.18. The van der Waals surface area contributed by atoms with Gasteiger partial charge in [0, 0.05) is 35.2 Å². The van der Waals surface area contributed by atoms with Crippen molar-refractivity contribution in [2.45, 2.75) is 13.8 Å². The highest BCUT2D eigenvalue weighted by atomic mass is 35.5. The van der Waals surface area contributed by atoms with Crippen LogP contribution in [0.1, 0.15) is 11.4 Å². The number of aromatic nitrogens is 2. The molecule has 8 nitrogen and oxygen atoms in total. The first-order valence-corrected chi connectivity index (χ1v) is 8.94. The van der Waals surface area contributed by atoms with E-state index in [1.54, 1.807) is 24.3 Å². The minimum absolute atomic E-state index is 0.306. The predicted molar refractivity (Wildman–Crippen MR) is 105 cm³/mol. The normalized spacial score (nSPS) is 14.8. The Hall–Kier alpha value is -2.71. The number of guanidine groups is 1. The van der Waals surface area contributed by atoms with Crippen LogP contribution in [0.15, 0.2) is 35.3 Å². The number of aryl methyl sites for hydroxylation is 2. The van der Waals surface area contributed by atoms with Gasteiger partial charge < -0.3 is 15.0 Å². The van der Waals surface area contributed by atoms with Gasteiger partial charge in [-0.25, -0.2) is 14.8 Å². The molecule has 2 N–H and O–H groups in total. The predicted octanol–water partition coefficient (Wildman–Crippen LogP) is 2.89. The van der Waals surface area contributed by atoms with E-state index in [1.807, 2.05) is 24.8 Å². The minimum atomic E-state index is -0.410. The van der Waals surface area contributed by atoms with E-state index < -0.39 is 6.03 Å². The summed E-state index contributed by atoms with van der Waals surface area (Å²) in [7, 11) is 0. The van der Waals surface area contributed by atoms with Crippen molar-refractivity contribution >= 4 is 35.2 Å². The Kier molecular flexibility index (Phi) is 6.20. The number of aliphatic imine (C=N–C) groups is 1. The molecular formula is C18H21ClN6O2. The molecule has 2 aromatic rings. The third kappa shape index (κ3) is 5.63. The smallest absolute Gasteiger partial charge is 0.326 e. The van der Waals surface area contributed by atoms with Crippen molar-refractivity contribution < 1.29 is 9.53 Å². The van der Waals surface area contributed by atoms with Crippen molar-refractivity contribution in [2.24, 2.45) is 4.99 Å². The Morgan fingerprint density at radius 1 is 1.15 bits per heavy atom. The van der Waals surface area contributed by atoms with Crippen LogP contribution in [0.25, 0.3) is 0 Å². The maximum Gasteiger partial charge on any atom is 0.326 e. The summed E-state index contributed by atoms with van der Waals surface area (Å²) in [5.41, 5.74) is 2.25. The molecule has 142 valence electrons. The number of hydrogen-bond acceptors (Lipinski definition) is 5. The summed E-state index contributed by atoms with van der Waals surface area (Å²) in [6.45, 7) is 6.11. The van der Waals surface area contributed by atoms with Crippen LogP contribution in [0.5, 0.6) is 0 Å². The average Bonchev–Trinajstić information content (AvgIpc) is 2.63. The van der Waals surface area contributed by atoms with Crippen molar-refractivity contribution in [1.29, 1.82) is 0 Å². The third-order valence-corrected chi connectivity index (χ3v) is 4.07. The molecule has 1 aliphatic rings. The maximum absolute atomic E-state index is 12.4. The molecule has 2 amide bonds. The van der Waals surface area contributed by atoms with Crippen LogP contribution in [-0.2, 0) is 4.74 Å². The summed E-state index contributed by atoms with van der Waals surface area (Å²) in [4.78, 5) is 27.5. The molecule has 0 aliphatic carbocycles. The van der Waals surface area contributed by atoms with E-state index in [0.29, 0.717) is 48.9 Å². The number of halogens is 1. The van der Waals surface area contributed by atoms with Gasteiger partial charge in [0.1, 0.15) is 0 Å². The standard InChI is InChI=1S/C18H21ClN6O2/c1-12-11-13(2)21-16(20-12)23-17(25-7-9-27-10-8-25)24-18(26)22-15-5-3-14(19)4-6-15/h3-6,11H,7-10H2,1-2H3,(H2,20,21,22,23,24,26). The van der Waals surface area contributed by atoms with Gasteiger partial charge in [-0.2, -0.15) is 4.99 Å². The van der Waals surface area contributed by atoms with Crippen LogP contribution in [0.4, 0.5) is 16.4 Å². The first-order chi connectivity index (χ1) is 13.0. The summed E-state index contributed by atoms with van der Waals surface area (Å²) >= 11 is 5.87. The number of nitrogens with one attached hydrogen (secondary N) is 2. The number of anilines is 1. The lowest BCUT2D eigenvalue weighted by molar-refractivity contribution is 0.0668. The van der Waals surface area contributed by atoms with Gasteiger partial charge in [-0.1, -0.05) is 11.6 Å². The van der Waals surface area contributed by atoms with Crippen molar-refractivity contribution in [3.8, 4) is 0 Å². The summed E-state index contributed by atoms with van der Waals surface area (Å²) in [6, 6.07) is 8.32. The Balaban J connectivity index is 1.79. The third-order valence-electron chi connectivity index (χ3n) is 3.81. The molecule has 3 rings (SSSR count). The van der Waals surface area contributed by atoms with Gasteiger partial charge in [0.2, 0.25) is 5.96 Å². The summed E-state index contributed by atoms with van der Waals surface area (Å²) in [6.07, 6.45) is 0. The Morgan fingerprint density at radius 2 is 1.78 bits per heavy atom. The van der Waals surface area contributed by atoms with Gasteiger partial charge >= 0.3 is 6.03 Å². The molecule has 1 fully saturated rings. The van der Waals surface area contributed by atoms with Gasteiger partial charge in [0.05, 0.1) is 13.2 Å². The zero-order valence-corrected chi connectivity index (χ0v) is 16.0. The van der Waals surface area contributed by atoms with Gasteiger partial charge in [-0.3, -0.25) is 5.32 Å². The van der Waals surface area contributed by atoms with Gasteiger partial charge in [0.25, 0.3) is 5.95 Å². The minimum Gasteiger partial charge on any atom is -0.378 e. The van der Waals surface area contributed by atoms with Gasteiger partial charge in [-0.15, -0.1) is 0 Å². The molecule has 1 saturated heterocycles. The topological polar surface area (TPSA) is 91.7 Å². The molecule has 0 bridgehead atoms. The number of rotatable bonds is 2. The molecule has 0 saturated carbocycles. The quantitative estimate of drug-likeness (QED) is 0.609. The molecule has 0 radical (unpaired) electrons. The van der Waals surface area contributed by atoms with E-state index in [9.17, 15) is 4.79 Å². The van der Waals surface area contributed by atoms with Gasteiger partial charge in [-0.05, 0) is 44.2 Å². The summed E-state index contributed by atoms with van der Waals surface area (Å²) < 4.78 is 5.38. The second-order valence-electron chi connectivity index (χ2n) is 6.07. The zero-order valence-electron chi connectivity index (χ0n) is 15.2. The number of urea groups is 1. The maximum atomic E-state index is 12.4.